The van der Waals surface area contributed by atoms with Crippen LogP contribution in [0, 0.1) is 0 Å². The second kappa shape index (κ2) is 9.27. The molecule has 1 saturated heterocycles. The molecule has 0 unspecified atom stereocenters. The summed E-state index contributed by atoms with van der Waals surface area (Å²) < 4.78 is 38.8. The van der Waals surface area contributed by atoms with Gasteiger partial charge in [-0.15, -0.1) is 0 Å². The second-order valence-electron chi connectivity index (χ2n) is 7.70. The first kappa shape index (κ1) is 22.4. The first-order chi connectivity index (χ1) is 14.1. The Morgan fingerprint density at radius 3 is 2.37 bits per heavy atom. The summed E-state index contributed by atoms with van der Waals surface area (Å²) in [4.78, 5) is 17.1. The molecule has 30 heavy (non-hydrogen) atoms. The normalized spacial score (nSPS) is 15.9. The van der Waals surface area contributed by atoms with Gasteiger partial charge >= 0.3 is 6.18 Å². The number of benzene rings is 2. The highest BCUT2D eigenvalue weighted by atomic mass is 35.5. The predicted octanol–water partition coefficient (Wildman–Crippen LogP) is 4.73. The number of hydrogen-bond donors (Lipinski definition) is 1. The van der Waals surface area contributed by atoms with Crippen LogP contribution in [0.15, 0.2) is 42.5 Å². The van der Waals surface area contributed by atoms with Crippen LogP contribution in [0.5, 0.6) is 5.75 Å². The van der Waals surface area contributed by atoms with Crippen LogP contribution in [0.2, 0.25) is 5.02 Å². The highest BCUT2D eigenvalue weighted by Crippen LogP contribution is 2.33. The molecule has 0 bridgehead atoms. The summed E-state index contributed by atoms with van der Waals surface area (Å²) >= 11 is 6.15. The molecule has 3 rings (SSSR count). The molecule has 162 valence electrons. The van der Waals surface area contributed by atoms with Gasteiger partial charge in [-0.2, -0.15) is 13.2 Å². The van der Waals surface area contributed by atoms with Crippen LogP contribution in [0.4, 0.5) is 13.2 Å². The van der Waals surface area contributed by atoms with Crippen molar-refractivity contribution in [2.75, 3.05) is 20.1 Å². The lowest BCUT2D eigenvalue weighted by molar-refractivity contribution is -0.138. The summed E-state index contributed by atoms with van der Waals surface area (Å²) in [6, 6.07) is 9.67. The summed E-state index contributed by atoms with van der Waals surface area (Å²) in [5, 5.41) is 9.44. The molecule has 0 aliphatic carbocycles. The molecule has 0 atom stereocenters. The number of hydrogen-bond acceptors (Lipinski definition) is 3. The van der Waals surface area contributed by atoms with Gasteiger partial charge in [0, 0.05) is 17.6 Å². The van der Waals surface area contributed by atoms with Gasteiger partial charge in [0.2, 0.25) is 5.91 Å². The van der Waals surface area contributed by atoms with Gasteiger partial charge in [-0.05, 0) is 68.4 Å². The van der Waals surface area contributed by atoms with Crippen molar-refractivity contribution < 1.29 is 23.1 Å². The Balaban J connectivity index is 1.82. The van der Waals surface area contributed by atoms with E-state index >= 15 is 0 Å². The first-order valence-corrected chi connectivity index (χ1v) is 10.1. The van der Waals surface area contributed by atoms with Gasteiger partial charge in [0.25, 0.3) is 0 Å². The predicted molar refractivity (Wildman–Crippen MR) is 109 cm³/mol. The van der Waals surface area contributed by atoms with Crippen molar-refractivity contribution in [2.45, 2.75) is 38.0 Å². The van der Waals surface area contributed by atoms with E-state index in [1.165, 1.54) is 18.2 Å². The standard InChI is InChI=1S/C22H24ClF3N2O2/c1-27-10-8-18(9-11-27)28(21(30)12-15-2-6-19(29)7-3-15)14-16-4-5-17(13-20(16)23)22(24,25)26/h2-7,13,18,29H,8-12,14H2,1H3. The highest BCUT2D eigenvalue weighted by Gasteiger charge is 2.32. The lowest BCUT2D eigenvalue weighted by Gasteiger charge is -2.37. The highest BCUT2D eigenvalue weighted by molar-refractivity contribution is 6.31. The van der Waals surface area contributed by atoms with E-state index in [1.54, 1.807) is 17.0 Å². The van der Waals surface area contributed by atoms with Crippen molar-refractivity contribution in [1.29, 1.82) is 0 Å². The largest absolute Gasteiger partial charge is 0.508 e. The minimum atomic E-state index is -4.47. The SMILES string of the molecule is CN1CCC(N(Cc2ccc(C(F)(F)F)cc2Cl)C(=O)Cc2ccc(O)cc2)CC1. The Morgan fingerprint density at radius 1 is 1.17 bits per heavy atom. The zero-order chi connectivity index (χ0) is 21.9. The van der Waals surface area contributed by atoms with Gasteiger partial charge in [0.1, 0.15) is 5.75 Å². The van der Waals surface area contributed by atoms with E-state index in [-0.39, 0.29) is 35.7 Å². The summed E-state index contributed by atoms with van der Waals surface area (Å²) in [5.74, 6) is 0.00103. The molecule has 4 nitrogen and oxygen atoms in total. The Labute approximate surface area is 178 Å². The zero-order valence-corrected chi connectivity index (χ0v) is 17.4. The fraction of sp³-hybridized carbons (Fsp3) is 0.409. The second-order valence-corrected chi connectivity index (χ2v) is 8.11. The smallest absolute Gasteiger partial charge is 0.416 e. The van der Waals surface area contributed by atoms with Gasteiger partial charge in [0.05, 0.1) is 12.0 Å². The first-order valence-electron chi connectivity index (χ1n) is 9.75. The number of piperidine rings is 1. The maximum Gasteiger partial charge on any atom is 0.416 e. The van der Waals surface area contributed by atoms with Gasteiger partial charge in [0.15, 0.2) is 0 Å². The van der Waals surface area contributed by atoms with E-state index in [9.17, 15) is 23.1 Å². The number of nitrogens with zero attached hydrogens (tertiary/aromatic N) is 2. The molecule has 0 aromatic heterocycles. The Kier molecular flexibility index (Phi) is 6.93. The number of likely N-dealkylation sites (tertiary alicyclic amines) is 1. The molecule has 8 heteroatoms. The number of carbonyl (C=O) groups excluding carboxylic acids is 1. The number of rotatable bonds is 5. The van der Waals surface area contributed by atoms with E-state index in [1.807, 2.05) is 7.05 Å². The van der Waals surface area contributed by atoms with Crippen molar-refractivity contribution in [3.05, 3.63) is 64.2 Å². The van der Waals surface area contributed by atoms with Gasteiger partial charge in [-0.1, -0.05) is 29.8 Å². The monoisotopic (exact) mass is 440 g/mol. The molecule has 2 aromatic rings. The summed E-state index contributed by atoms with van der Waals surface area (Å²) in [6.07, 6.45) is -2.75. The molecular weight excluding hydrogens is 417 g/mol. The van der Waals surface area contributed by atoms with Crippen LogP contribution >= 0.6 is 11.6 Å². The molecule has 2 aromatic carbocycles. The molecule has 1 fully saturated rings. The minimum absolute atomic E-state index is 0.000172. The summed E-state index contributed by atoms with van der Waals surface area (Å²) in [7, 11) is 2.02. The number of phenols is 1. The number of phenolic OH excluding ortho intramolecular Hbond substituents is 1. The molecule has 1 amide bonds. The Bertz CT molecular complexity index is 879. The van der Waals surface area contributed by atoms with Crippen molar-refractivity contribution in [3.63, 3.8) is 0 Å². The Hall–Kier alpha value is -2.25. The van der Waals surface area contributed by atoms with E-state index in [4.69, 9.17) is 11.6 Å². The molecule has 0 saturated carbocycles. The van der Waals surface area contributed by atoms with Crippen molar-refractivity contribution in [2.24, 2.45) is 0 Å². The molecule has 0 radical (unpaired) electrons. The van der Waals surface area contributed by atoms with Gasteiger partial charge in [-0.3, -0.25) is 4.79 Å². The maximum atomic E-state index is 13.1. The number of carbonyl (C=O) groups is 1. The van der Waals surface area contributed by atoms with E-state index in [0.717, 1.165) is 43.6 Å². The summed E-state index contributed by atoms with van der Waals surface area (Å²) in [5.41, 5.74) is 0.439. The van der Waals surface area contributed by atoms with Crippen LogP contribution in [0.1, 0.15) is 29.5 Å². The molecule has 1 aliphatic rings. The third-order valence-corrected chi connectivity index (χ3v) is 5.81. The Morgan fingerprint density at radius 2 is 1.80 bits per heavy atom. The molecule has 1 aliphatic heterocycles. The topological polar surface area (TPSA) is 43.8 Å². The zero-order valence-electron chi connectivity index (χ0n) is 16.6. The molecule has 1 N–H and O–H groups in total. The van der Waals surface area contributed by atoms with E-state index in [0.29, 0.717) is 5.56 Å². The van der Waals surface area contributed by atoms with Crippen LogP contribution in [-0.2, 0) is 23.9 Å². The van der Waals surface area contributed by atoms with Gasteiger partial charge in [-0.25, -0.2) is 0 Å². The number of halogens is 4. The third-order valence-electron chi connectivity index (χ3n) is 5.46. The average molecular weight is 441 g/mol. The van der Waals surface area contributed by atoms with E-state index < -0.39 is 11.7 Å². The van der Waals surface area contributed by atoms with Crippen molar-refractivity contribution in [1.82, 2.24) is 9.80 Å². The number of aromatic hydroxyl groups is 1. The fourth-order valence-electron chi connectivity index (χ4n) is 3.65. The quantitative estimate of drug-likeness (QED) is 0.731. The van der Waals surface area contributed by atoms with Crippen LogP contribution < -0.4 is 0 Å². The minimum Gasteiger partial charge on any atom is -0.508 e. The summed E-state index contributed by atoms with van der Waals surface area (Å²) in [6.45, 7) is 1.84. The van der Waals surface area contributed by atoms with Crippen LogP contribution in [0.25, 0.3) is 0 Å². The third kappa shape index (κ3) is 5.67. The fourth-order valence-corrected chi connectivity index (χ4v) is 3.89. The van der Waals surface area contributed by atoms with Crippen molar-refractivity contribution >= 4 is 17.5 Å². The maximum absolute atomic E-state index is 13.1. The van der Waals surface area contributed by atoms with Gasteiger partial charge < -0.3 is 14.9 Å². The molecule has 1 heterocycles. The average Bonchev–Trinajstić information content (AvgIpc) is 2.69. The van der Waals surface area contributed by atoms with Crippen LogP contribution in [-0.4, -0.2) is 47.0 Å². The van der Waals surface area contributed by atoms with Crippen molar-refractivity contribution in [3.8, 4) is 5.75 Å². The number of alkyl halides is 3. The number of amides is 1. The van der Waals surface area contributed by atoms with E-state index in [2.05, 4.69) is 4.90 Å². The van der Waals surface area contributed by atoms with Crippen LogP contribution in [0.3, 0.4) is 0 Å². The lowest BCUT2D eigenvalue weighted by atomic mass is 10.0. The molecule has 0 spiro atoms. The molecular formula is C22H24ClF3N2O2. The lowest BCUT2D eigenvalue weighted by Crippen LogP contribution is -2.46.